The zero-order chi connectivity index (χ0) is 33.8. The first-order chi connectivity index (χ1) is 21.5. The van der Waals surface area contributed by atoms with Gasteiger partial charge in [0.05, 0.1) is 22.7 Å². The number of fused-ring (bicyclic) bond motifs is 1. The van der Waals surface area contributed by atoms with Crippen molar-refractivity contribution < 1.29 is 49.4 Å². The van der Waals surface area contributed by atoms with Gasteiger partial charge in [-0.2, -0.15) is 31.3 Å². The molecule has 16 heteroatoms. The molecule has 0 saturated heterocycles. The number of alkyl halides is 8. The summed E-state index contributed by atoms with van der Waals surface area (Å²) in [6, 6.07) is 4.55. The number of imidazole rings is 1. The van der Waals surface area contributed by atoms with Crippen LogP contribution in [0.2, 0.25) is 0 Å². The Hall–Kier alpha value is -3.98. The van der Waals surface area contributed by atoms with E-state index in [1.165, 1.54) is 36.7 Å². The number of halogens is 8. The molecular weight excluding hydrogens is 630 g/mol. The average molecular weight is 664 g/mol. The number of carbonyl (C=O) groups excluding carboxylic acids is 2. The number of benzene rings is 1. The van der Waals surface area contributed by atoms with Gasteiger partial charge in [0.1, 0.15) is 5.52 Å². The molecule has 3 aromatic rings. The van der Waals surface area contributed by atoms with Crippen LogP contribution in [0, 0.1) is 11.8 Å². The lowest BCUT2D eigenvalue weighted by atomic mass is 9.79. The Kier molecular flexibility index (Phi) is 10.8. The second-order valence-electron chi connectivity index (χ2n) is 11.4. The van der Waals surface area contributed by atoms with E-state index in [-0.39, 0.29) is 66.0 Å². The molecule has 8 nitrogen and oxygen atoms in total. The van der Waals surface area contributed by atoms with E-state index < -0.39 is 48.5 Å². The van der Waals surface area contributed by atoms with Crippen LogP contribution >= 0.6 is 0 Å². The van der Waals surface area contributed by atoms with E-state index in [1.54, 1.807) is 0 Å². The maximum absolute atomic E-state index is 13.8. The summed E-state index contributed by atoms with van der Waals surface area (Å²) in [5.74, 6) is -2.67. The van der Waals surface area contributed by atoms with Gasteiger partial charge in [0, 0.05) is 26.9 Å². The van der Waals surface area contributed by atoms with Crippen molar-refractivity contribution in [3.63, 3.8) is 0 Å². The molecule has 0 spiro atoms. The maximum Gasteiger partial charge on any atom is 0.418 e. The van der Waals surface area contributed by atoms with E-state index in [1.807, 2.05) is 0 Å². The molecule has 0 bridgehead atoms. The summed E-state index contributed by atoms with van der Waals surface area (Å²) in [6.45, 7) is 0.165. The number of hydrogen-bond donors (Lipinski definition) is 2. The lowest BCUT2D eigenvalue weighted by molar-refractivity contribution is -0.184. The number of aromatic nitrogens is 3. The van der Waals surface area contributed by atoms with Crippen LogP contribution < -0.4 is 15.4 Å². The van der Waals surface area contributed by atoms with Crippen LogP contribution in [0.1, 0.15) is 73.4 Å². The number of nitrogens with zero attached hydrogens (tertiary/aromatic N) is 3. The zero-order valence-corrected chi connectivity index (χ0v) is 25.0. The summed E-state index contributed by atoms with van der Waals surface area (Å²) in [7, 11) is 1.42. The van der Waals surface area contributed by atoms with Crippen molar-refractivity contribution in [2.24, 2.45) is 18.9 Å². The molecule has 0 aliphatic heterocycles. The monoisotopic (exact) mass is 663 g/mol. The molecule has 0 atom stereocenters. The van der Waals surface area contributed by atoms with Crippen LogP contribution in [-0.4, -0.2) is 45.4 Å². The molecule has 1 amide bonds. The van der Waals surface area contributed by atoms with Gasteiger partial charge >= 0.3 is 12.4 Å². The Morgan fingerprint density at radius 2 is 1.74 bits per heavy atom. The number of ether oxygens (including phenoxy) is 1. The number of hydrogen-bond acceptors (Lipinski definition) is 6. The SMILES string of the molecule is CC(=O)NCc1ccc(C(F)(F)F)c(Nc2nc3cc(C(=O)CCCC4CCC(C(F)(F)F)CC4)c(OCC(F)F)nc3n2C)c1. The number of anilines is 2. The molecule has 1 aliphatic rings. The van der Waals surface area contributed by atoms with Crippen LogP contribution in [0.25, 0.3) is 11.2 Å². The molecule has 4 rings (SSSR count). The molecule has 2 aromatic heterocycles. The number of aryl methyl sites for hydroxylation is 1. The van der Waals surface area contributed by atoms with Crippen molar-refractivity contribution >= 4 is 34.5 Å². The quantitative estimate of drug-likeness (QED) is 0.152. The van der Waals surface area contributed by atoms with Crippen LogP contribution in [0.5, 0.6) is 5.88 Å². The Balaban J connectivity index is 1.57. The van der Waals surface area contributed by atoms with Crippen molar-refractivity contribution in [2.45, 2.75) is 77.2 Å². The summed E-state index contributed by atoms with van der Waals surface area (Å²) < 4.78 is 113. The molecule has 1 fully saturated rings. The van der Waals surface area contributed by atoms with Crippen LogP contribution in [-0.2, 0) is 24.6 Å². The number of Topliss-reactive ketones (excluding diaryl/α,β-unsaturated/α-hetero) is 1. The first-order valence-electron chi connectivity index (χ1n) is 14.6. The Morgan fingerprint density at radius 1 is 1.04 bits per heavy atom. The van der Waals surface area contributed by atoms with Gasteiger partial charge in [-0.15, -0.1) is 0 Å². The van der Waals surface area contributed by atoms with Gasteiger partial charge in [-0.1, -0.05) is 12.5 Å². The van der Waals surface area contributed by atoms with Gasteiger partial charge in [0.15, 0.2) is 18.0 Å². The Morgan fingerprint density at radius 3 is 2.35 bits per heavy atom. The smallest absolute Gasteiger partial charge is 0.418 e. The highest BCUT2D eigenvalue weighted by Gasteiger charge is 2.41. The molecule has 2 N–H and O–H groups in total. The number of pyridine rings is 1. The number of amides is 1. The van der Waals surface area contributed by atoms with E-state index in [4.69, 9.17) is 4.74 Å². The van der Waals surface area contributed by atoms with E-state index in [2.05, 4.69) is 20.6 Å². The molecule has 1 aliphatic carbocycles. The number of nitrogens with one attached hydrogen (secondary N) is 2. The van der Waals surface area contributed by atoms with Crippen LogP contribution in [0.3, 0.4) is 0 Å². The Bertz CT molecular complexity index is 1550. The minimum atomic E-state index is -4.74. The summed E-state index contributed by atoms with van der Waals surface area (Å²) in [5.41, 5.74) is -1.05. The minimum absolute atomic E-state index is 0.0304. The Labute approximate surface area is 258 Å². The highest BCUT2D eigenvalue weighted by atomic mass is 19.4. The minimum Gasteiger partial charge on any atom is -0.471 e. The average Bonchev–Trinajstić information content (AvgIpc) is 3.27. The number of rotatable bonds is 12. The topological polar surface area (TPSA) is 98.1 Å². The fraction of sp³-hybridized carbons (Fsp3) is 0.533. The van der Waals surface area contributed by atoms with Gasteiger partial charge in [-0.25, -0.2) is 13.8 Å². The molecule has 0 radical (unpaired) electrons. The molecule has 1 saturated carbocycles. The molecule has 0 unspecified atom stereocenters. The predicted octanol–water partition coefficient (Wildman–Crippen LogP) is 7.73. The standard InChI is InChI=1S/C30H33F8N5O3/c1-16(44)39-14-18-8-11-21(30(36,37)38)22(12-18)40-28-41-23-13-20(27(46-15-25(31)32)42-26(23)43(28)2)24(45)5-3-4-17-6-9-19(10-7-17)29(33,34)35/h8,11-13,17,19,25H,3-7,9-10,14-15H2,1-2H3,(H,39,44)(H,40,41). The van der Waals surface area contributed by atoms with Gasteiger partial charge in [-0.05, 0) is 61.8 Å². The van der Waals surface area contributed by atoms with E-state index in [0.717, 1.165) is 6.07 Å². The second kappa shape index (κ2) is 14.2. The lowest BCUT2D eigenvalue weighted by Gasteiger charge is -2.29. The second-order valence-corrected chi connectivity index (χ2v) is 11.4. The summed E-state index contributed by atoms with van der Waals surface area (Å²) in [4.78, 5) is 33.0. The number of ketones is 1. The van der Waals surface area contributed by atoms with Gasteiger partial charge < -0.3 is 15.4 Å². The first-order valence-corrected chi connectivity index (χ1v) is 14.6. The maximum atomic E-state index is 13.8. The van der Waals surface area contributed by atoms with Gasteiger partial charge in [-0.3, -0.25) is 14.2 Å². The fourth-order valence-electron chi connectivity index (χ4n) is 5.52. The normalized spacial score (nSPS) is 17.4. The third-order valence-corrected chi connectivity index (χ3v) is 7.96. The predicted molar refractivity (Wildman–Crippen MR) is 152 cm³/mol. The summed E-state index contributed by atoms with van der Waals surface area (Å²) >= 11 is 0. The summed E-state index contributed by atoms with van der Waals surface area (Å²) in [5, 5.41) is 5.14. The van der Waals surface area contributed by atoms with Crippen molar-refractivity contribution in [2.75, 3.05) is 11.9 Å². The largest absolute Gasteiger partial charge is 0.471 e. The van der Waals surface area contributed by atoms with Crippen LogP contribution in [0.15, 0.2) is 24.3 Å². The van der Waals surface area contributed by atoms with E-state index in [0.29, 0.717) is 31.2 Å². The molecule has 2 heterocycles. The third kappa shape index (κ3) is 8.84. The molecular formula is C30H33F8N5O3. The third-order valence-electron chi connectivity index (χ3n) is 7.96. The van der Waals surface area contributed by atoms with E-state index >= 15 is 0 Å². The highest BCUT2D eigenvalue weighted by molar-refractivity contribution is 6.00. The molecule has 46 heavy (non-hydrogen) atoms. The van der Waals surface area contributed by atoms with Crippen molar-refractivity contribution in [3.8, 4) is 5.88 Å². The first kappa shape index (κ1) is 34.9. The van der Waals surface area contributed by atoms with Crippen molar-refractivity contribution in [3.05, 3.63) is 41.0 Å². The van der Waals surface area contributed by atoms with Gasteiger partial charge in [0.2, 0.25) is 17.7 Å². The number of carbonyl (C=O) groups is 2. The molecule has 252 valence electrons. The highest BCUT2D eigenvalue weighted by Crippen LogP contribution is 2.41. The van der Waals surface area contributed by atoms with E-state index in [9.17, 15) is 44.7 Å². The van der Waals surface area contributed by atoms with Gasteiger partial charge in [0.25, 0.3) is 6.43 Å². The van der Waals surface area contributed by atoms with Crippen molar-refractivity contribution in [1.82, 2.24) is 19.9 Å². The lowest BCUT2D eigenvalue weighted by Crippen LogP contribution is -2.27. The van der Waals surface area contributed by atoms with Crippen molar-refractivity contribution in [1.29, 1.82) is 0 Å². The zero-order valence-electron chi connectivity index (χ0n) is 25.0. The van der Waals surface area contributed by atoms with Crippen LogP contribution in [0.4, 0.5) is 46.8 Å². The fourth-order valence-corrected chi connectivity index (χ4v) is 5.52. The molecule has 1 aromatic carbocycles. The summed E-state index contributed by atoms with van der Waals surface area (Å²) in [6.07, 6.45) is -10.2.